The number of nitrogens with zero attached hydrogens (tertiary/aromatic N) is 2. The number of pyridine rings is 1. The quantitative estimate of drug-likeness (QED) is 0.750. The summed E-state index contributed by atoms with van der Waals surface area (Å²) in [4.78, 5) is 29.3. The van der Waals surface area contributed by atoms with E-state index in [2.05, 4.69) is 10.3 Å². The number of amides is 2. The molecule has 2 aliphatic heterocycles. The van der Waals surface area contributed by atoms with Gasteiger partial charge in [0.15, 0.2) is 0 Å². The maximum absolute atomic E-state index is 12.0. The minimum absolute atomic E-state index is 0.216. The van der Waals surface area contributed by atoms with E-state index >= 15 is 0 Å². The average Bonchev–Trinajstić information content (AvgIpc) is 2.94. The lowest BCUT2D eigenvalue weighted by atomic mass is 10.2. The van der Waals surface area contributed by atoms with Crippen molar-refractivity contribution in [3.63, 3.8) is 0 Å². The smallest absolute Gasteiger partial charge is 0.280 e. The molecule has 1 atom stereocenters. The van der Waals surface area contributed by atoms with Gasteiger partial charge < -0.3 is 5.32 Å². The highest BCUT2D eigenvalue weighted by molar-refractivity contribution is 6.20. The maximum Gasteiger partial charge on any atom is 0.280 e. The summed E-state index contributed by atoms with van der Waals surface area (Å²) in [6.45, 7) is 1.42. The molecular weight excluding hydrogens is 218 g/mol. The second kappa shape index (κ2) is 3.92. The van der Waals surface area contributed by atoms with Crippen molar-refractivity contribution in [3.8, 4) is 0 Å². The van der Waals surface area contributed by atoms with E-state index in [1.165, 1.54) is 4.90 Å². The van der Waals surface area contributed by atoms with E-state index in [9.17, 15) is 9.59 Å². The molecule has 1 saturated heterocycles. The van der Waals surface area contributed by atoms with Crippen LogP contribution in [-0.4, -0.2) is 40.8 Å². The van der Waals surface area contributed by atoms with Gasteiger partial charge in [0, 0.05) is 18.8 Å². The van der Waals surface area contributed by atoms with Crippen LogP contribution in [0.5, 0.6) is 0 Å². The Labute approximate surface area is 98.8 Å². The van der Waals surface area contributed by atoms with Crippen LogP contribution in [0.2, 0.25) is 0 Å². The molecule has 2 aliphatic rings. The predicted molar refractivity (Wildman–Crippen MR) is 60.6 cm³/mol. The molecule has 0 aliphatic carbocycles. The van der Waals surface area contributed by atoms with E-state index in [1.807, 2.05) is 0 Å². The predicted octanol–water partition coefficient (Wildman–Crippen LogP) is 0.430. The number of rotatable bonds is 2. The molecule has 3 heterocycles. The van der Waals surface area contributed by atoms with E-state index in [-0.39, 0.29) is 23.6 Å². The van der Waals surface area contributed by atoms with Crippen LogP contribution in [0.4, 0.5) is 0 Å². The van der Waals surface area contributed by atoms with Gasteiger partial charge in [0.05, 0.1) is 5.56 Å². The first-order valence-electron chi connectivity index (χ1n) is 5.82. The van der Waals surface area contributed by atoms with Crippen molar-refractivity contribution in [3.05, 3.63) is 29.6 Å². The molecule has 2 amide bonds. The number of imide groups is 1. The minimum atomic E-state index is -0.265. The van der Waals surface area contributed by atoms with Gasteiger partial charge in [-0.1, -0.05) is 0 Å². The van der Waals surface area contributed by atoms with Crippen molar-refractivity contribution in [2.45, 2.75) is 18.9 Å². The number of fused-ring (bicyclic) bond motifs is 1. The molecule has 5 heteroatoms. The molecule has 0 spiro atoms. The van der Waals surface area contributed by atoms with Gasteiger partial charge in [0.25, 0.3) is 11.8 Å². The second-order valence-corrected chi connectivity index (χ2v) is 4.41. The fourth-order valence-electron chi connectivity index (χ4n) is 2.41. The Kier molecular flexibility index (Phi) is 2.40. The number of carbonyl (C=O) groups excluding carboxylic acids is 2. The van der Waals surface area contributed by atoms with Crippen molar-refractivity contribution in [2.24, 2.45) is 0 Å². The van der Waals surface area contributed by atoms with Crippen LogP contribution in [-0.2, 0) is 0 Å². The fraction of sp³-hybridized carbons (Fsp3) is 0.417. The molecule has 3 rings (SSSR count). The number of nitrogens with one attached hydrogen (secondary N) is 1. The van der Waals surface area contributed by atoms with E-state index < -0.39 is 0 Å². The Morgan fingerprint density at radius 2 is 2.29 bits per heavy atom. The first-order chi connectivity index (χ1) is 8.27. The molecule has 0 radical (unpaired) electrons. The Hall–Kier alpha value is -1.75. The van der Waals surface area contributed by atoms with Gasteiger partial charge in [-0.25, -0.2) is 0 Å². The Morgan fingerprint density at radius 1 is 1.41 bits per heavy atom. The zero-order valence-electron chi connectivity index (χ0n) is 9.35. The highest BCUT2D eigenvalue weighted by Crippen LogP contribution is 2.21. The summed E-state index contributed by atoms with van der Waals surface area (Å²) >= 11 is 0. The lowest BCUT2D eigenvalue weighted by Gasteiger charge is -2.18. The molecule has 0 aromatic carbocycles. The van der Waals surface area contributed by atoms with Gasteiger partial charge >= 0.3 is 0 Å². The molecule has 1 aromatic heterocycles. The van der Waals surface area contributed by atoms with E-state index in [0.717, 1.165) is 19.4 Å². The Bertz CT molecular complexity index is 445. The van der Waals surface area contributed by atoms with Crippen molar-refractivity contribution < 1.29 is 9.59 Å². The van der Waals surface area contributed by atoms with Crippen LogP contribution in [0, 0.1) is 0 Å². The average molecular weight is 231 g/mol. The van der Waals surface area contributed by atoms with E-state index in [0.29, 0.717) is 12.1 Å². The van der Waals surface area contributed by atoms with Crippen LogP contribution in [0.3, 0.4) is 0 Å². The highest BCUT2D eigenvalue weighted by atomic mass is 16.2. The monoisotopic (exact) mass is 231 g/mol. The molecule has 0 saturated carbocycles. The maximum atomic E-state index is 12.0. The van der Waals surface area contributed by atoms with Crippen LogP contribution in [0.15, 0.2) is 18.3 Å². The van der Waals surface area contributed by atoms with Gasteiger partial charge in [0.1, 0.15) is 5.69 Å². The molecule has 1 aromatic rings. The first kappa shape index (κ1) is 10.4. The molecule has 0 bridgehead atoms. The zero-order chi connectivity index (χ0) is 11.8. The molecule has 5 nitrogen and oxygen atoms in total. The molecule has 17 heavy (non-hydrogen) atoms. The summed E-state index contributed by atoms with van der Waals surface area (Å²) in [5, 5.41) is 3.28. The van der Waals surface area contributed by atoms with Crippen molar-refractivity contribution >= 4 is 11.8 Å². The van der Waals surface area contributed by atoms with Gasteiger partial charge in [-0.2, -0.15) is 0 Å². The highest BCUT2D eigenvalue weighted by Gasteiger charge is 2.37. The lowest BCUT2D eigenvalue weighted by molar-refractivity contribution is 0.0639. The third kappa shape index (κ3) is 1.63. The Morgan fingerprint density at radius 3 is 3.00 bits per heavy atom. The van der Waals surface area contributed by atoms with Gasteiger partial charge in [-0.05, 0) is 31.5 Å². The summed E-state index contributed by atoms with van der Waals surface area (Å²) in [5.74, 6) is -0.480. The van der Waals surface area contributed by atoms with Gasteiger partial charge in [-0.15, -0.1) is 0 Å². The number of hydrogen-bond acceptors (Lipinski definition) is 4. The van der Waals surface area contributed by atoms with Crippen LogP contribution in [0.1, 0.15) is 33.7 Å². The second-order valence-electron chi connectivity index (χ2n) is 4.41. The molecule has 1 unspecified atom stereocenters. The Balaban J connectivity index is 1.84. The summed E-state index contributed by atoms with van der Waals surface area (Å²) in [6.07, 6.45) is 3.66. The summed E-state index contributed by atoms with van der Waals surface area (Å²) in [5.41, 5.74) is 0.714. The third-order valence-corrected chi connectivity index (χ3v) is 3.30. The summed E-state index contributed by atoms with van der Waals surface area (Å²) in [6, 6.07) is 3.57. The number of carbonyl (C=O) groups is 2. The molecule has 88 valence electrons. The minimum Gasteiger partial charge on any atom is -0.312 e. The number of hydrogen-bond donors (Lipinski definition) is 1. The van der Waals surface area contributed by atoms with Gasteiger partial charge in [-0.3, -0.25) is 19.5 Å². The normalized spacial score (nSPS) is 23.3. The summed E-state index contributed by atoms with van der Waals surface area (Å²) in [7, 11) is 0. The topological polar surface area (TPSA) is 62.3 Å². The largest absolute Gasteiger partial charge is 0.312 e. The van der Waals surface area contributed by atoms with Crippen LogP contribution in [0.25, 0.3) is 0 Å². The number of aromatic nitrogens is 1. The van der Waals surface area contributed by atoms with Crippen molar-refractivity contribution in [1.82, 2.24) is 15.2 Å². The molecule has 1 fully saturated rings. The fourth-order valence-corrected chi connectivity index (χ4v) is 2.41. The van der Waals surface area contributed by atoms with Gasteiger partial charge in [0.2, 0.25) is 0 Å². The van der Waals surface area contributed by atoms with Crippen molar-refractivity contribution in [1.29, 1.82) is 0 Å². The molecule has 1 N–H and O–H groups in total. The summed E-state index contributed by atoms with van der Waals surface area (Å²) < 4.78 is 0. The standard InChI is InChI=1S/C12H13N3O2/c16-11-9-4-2-6-14-10(9)12(17)15(11)7-8-3-1-5-13-8/h2,4,6,8,13H,1,3,5,7H2. The van der Waals surface area contributed by atoms with Crippen LogP contribution >= 0.6 is 0 Å². The third-order valence-electron chi connectivity index (χ3n) is 3.30. The van der Waals surface area contributed by atoms with Crippen LogP contribution < -0.4 is 5.32 Å². The van der Waals surface area contributed by atoms with Crippen molar-refractivity contribution in [2.75, 3.05) is 13.1 Å². The van der Waals surface area contributed by atoms with E-state index in [4.69, 9.17) is 0 Å². The SMILES string of the molecule is O=C1c2cccnc2C(=O)N1CC1CCCN1. The first-order valence-corrected chi connectivity index (χ1v) is 5.82. The lowest BCUT2D eigenvalue weighted by Crippen LogP contribution is -2.40. The zero-order valence-corrected chi connectivity index (χ0v) is 9.35. The van der Waals surface area contributed by atoms with E-state index in [1.54, 1.807) is 18.3 Å². The molecular formula is C12H13N3O2.